The summed E-state index contributed by atoms with van der Waals surface area (Å²) in [5.41, 5.74) is 11.0. The molecule has 0 aliphatic carbocycles. The highest BCUT2D eigenvalue weighted by Crippen LogP contribution is 2.51. The van der Waals surface area contributed by atoms with Gasteiger partial charge in [0.05, 0.1) is 45.3 Å². The smallest absolute Gasteiger partial charge is 0.162 e. The van der Waals surface area contributed by atoms with Crippen molar-refractivity contribution in [2.24, 2.45) is 0 Å². The molecule has 316 valence electrons. The maximum atomic E-state index is 5.47. The summed E-state index contributed by atoms with van der Waals surface area (Å²) in [6.07, 6.45) is 2.02. The van der Waals surface area contributed by atoms with Gasteiger partial charge in [-0.1, -0.05) is 206 Å². The lowest BCUT2D eigenvalue weighted by Crippen LogP contribution is -2.03. The van der Waals surface area contributed by atoms with E-state index < -0.39 is 0 Å². The third-order valence-corrected chi connectivity index (χ3v) is 13.5. The second-order valence-electron chi connectivity index (χ2n) is 17.3. The van der Waals surface area contributed by atoms with E-state index in [2.05, 4.69) is 191 Å². The Hall–Kier alpha value is -9.26. The molecule has 0 saturated heterocycles. The molecule has 0 unspecified atom stereocenters. The Kier molecular flexibility index (Phi) is 8.48. The van der Waals surface area contributed by atoms with Gasteiger partial charge in [-0.15, -0.1) is 0 Å². The highest BCUT2D eigenvalue weighted by molar-refractivity contribution is 6.45. The number of aromatic nitrogens is 6. The lowest BCUT2D eigenvalue weighted by molar-refractivity contribution is 1.05. The van der Waals surface area contributed by atoms with Gasteiger partial charge in [-0.25, -0.2) is 19.9 Å². The van der Waals surface area contributed by atoms with Crippen LogP contribution < -0.4 is 0 Å². The minimum Gasteiger partial charge on any atom is -0.305 e. The zero-order chi connectivity index (χ0) is 44.7. The highest BCUT2D eigenvalue weighted by atomic mass is 15.1. The number of benzene rings is 10. The molecule has 68 heavy (non-hydrogen) atoms. The predicted molar refractivity (Wildman–Crippen MR) is 281 cm³/mol. The number of rotatable bonds is 6. The van der Waals surface area contributed by atoms with Gasteiger partial charge >= 0.3 is 0 Å². The summed E-state index contributed by atoms with van der Waals surface area (Å²) >= 11 is 0. The summed E-state index contributed by atoms with van der Waals surface area (Å²) in [5.74, 6) is 2.15. The molecule has 0 saturated carbocycles. The van der Waals surface area contributed by atoms with Crippen molar-refractivity contribution in [2.45, 2.75) is 0 Å². The second-order valence-corrected chi connectivity index (χ2v) is 17.3. The van der Waals surface area contributed by atoms with Crippen LogP contribution in [0.4, 0.5) is 0 Å². The summed E-state index contributed by atoms with van der Waals surface area (Å²) < 4.78 is 4.81. The topological polar surface area (TPSA) is 61.4 Å². The fraction of sp³-hybridized carbons (Fsp3) is 0. The molecule has 0 N–H and O–H groups in total. The van der Waals surface area contributed by atoms with Crippen molar-refractivity contribution >= 4 is 75.9 Å². The van der Waals surface area contributed by atoms with Gasteiger partial charge in [0.2, 0.25) is 0 Å². The van der Waals surface area contributed by atoms with Gasteiger partial charge in [0.25, 0.3) is 0 Å². The molecule has 14 aromatic rings. The SMILES string of the molecule is c1ccc(-c2cc(-n3c4ccccc4c4c5c(c6ccccc6c43)c3ccccc3c3c5c4ccccc4n3-c3cnc(-c4ccccc4)nc3-c3ccccc3)nc(-c3ccccc3)n2)cc1. The third kappa shape index (κ3) is 5.71. The van der Waals surface area contributed by atoms with Gasteiger partial charge in [0.15, 0.2) is 11.6 Å². The van der Waals surface area contributed by atoms with Crippen molar-refractivity contribution in [3.05, 3.63) is 231 Å². The number of fused-ring (bicyclic) bond motifs is 15. The maximum Gasteiger partial charge on any atom is 0.162 e. The van der Waals surface area contributed by atoms with Gasteiger partial charge in [-0.3, -0.25) is 4.57 Å². The standard InChI is InChI=1S/C62H38N6/c1-5-21-39(22-6-1)49-37-53(65-62(64-49)42-27-11-4-12-28-42)68-51-36-20-18-34-48(51)56-57-54(44-30-14-16-32-46(44)60(56)68)43-29-13-15-31-45(43)59-55(57)47-33-17-19-35-50(47)67(59)52-38-63-61(41-25-9-3-10-26-41)66-58(52)40-23-7-2-8-24-40/h1-38H. The van der Waals surface area contributed by atoms with Crippen molar-refractivity contribution in [3.63, 3.8) is 0 Å². The van der Waals surface area contributed by atoms with Crippen LogP contribution in [0.15, 0.2) is 231 Å². The molecule has 0 spiro atoms. The molecule has 0 aliphatic rings. The summed E-state index contributed by atoms with van der Waals surface area (Å²) in [7, 11) is 0. The summed E-state index contributed by atoms with van der Waals surface area (Å²) in [4.78, 5) is 21.2. The van der Waals surface area contributed by atoms with Crippen LogP contribution >= 0.6 is 0 Å². The van der Waals surface area contributed by atoms with E-state index in [-0.39, 0.29) is 0 Å². The first-order chi connectivity index (χ1) is 33.8. The highest BCUT2D eigenvalue weighted by Gasteiger charge is 2.28. The first-order valence-corrected chi connectivity index (χ1v) is 23.0. The summed E-state index contributed by atoms with van der Waals surface area (Å²) in [6.45, 7) is 0. The normalized spacial score (nSPS) is 11.8. The first kappa shape index (κ1) is 38.1. The average Bonchev–Trinajstić information content (AvgIpc) is 3.96. The van der Waals surface area contributed by atoms with Gasteiger partial charge in [0, 0.05) is 66.0 Å². The van der Waals surface area contributed by atoms with Gasteiger partial charge in [-0.05, 0) is 28.3 Å². The molecule has 4 aromatic heterocycles. The van der Waals surface area contributed by atoms with Gasteiger partial charge < -0.3 is 4.57 Å². The predicted octanol–water partition coefficient (Wildman–Crippen LogP) is 15.6. The number of hydrogen-bond acceptors (Lipinski definition) is 4. The molecule has 0 atom stereocenters. The summed E-state index contributed by atoms with van der Waals surface area (Å²) in [5, 5.41) is 11.7. The van der Waals surface area contributed by atoms with Crippen LogP contribution in [-0.4, -0.2) is 29.1 Å². The van der Waals surface area contributed by atoms with E-state index in [0.717, 1.165) is 88.8 Å². The lowest BCUT2D eigenvalue weighted by atomic mass is 9.89. The van der Waals surface area contributed by atoms with E-state index >= 15 is 0 Å². The van der Waals surface area contributed by atoms with E-state index in [4.69, 9.17) is 19.9 Å². The molecular weight excluding hydrogens is 829 g/mol. The first-order valence-electron chi connectivity index (χ1n) is 23.0. The zero-order valence-electron chi connectivity index (χ0n) is 36.6. The number of nitrogens with zero attached hydrogens (tertiary/aromatic N) is 6. The third-order valence-electron chi connectivity index (χ3n) is 13.5. The van der Waals surface area contributed by atoms with E-state index in [9.17, 15) is 0 Å². The molecule has 6 heteroatoms. The maximum absolute atomic E-state index is 5.47. The minimum atomic E-state index is 0.671. The van der Waals surface area contributed by atoms with Crippen LogP contribution in [0.3, 0.4) is 0 Å². The fourth-order valence-corrected chi connectivity index (χ4v) is 10.7. The largest absolute Gasteiger partial charge is 0.305 e. The fourth-order valence-electron chi connectivity index (χ4n) is 10.7. The van der Waals surface area contributed by atoms with Gasteiger partial charge in [-0.2, -0.15) is 0 Å². The number of hydrogen-bond donors (Lipinski definition) is 0. The number of para-hydroxylation sites is 2. The van der Waals surface area contributed by atoms with Crippen LogP contribution in [0.2, 0.25) is 0 Å². The average molecular weight is 867 g/mol. The molecule has 14 rings (SSSR count). The van der Waals surface area contributed by atoms with Gasteiger partial charge in [0.1, 0.15) is 5.82 Å². The van der Waals surface area contributed by atoms with Crippen molar-refractivity contribution in [1.82, 2.24) is 29.1 Å². The molecule has 6 nitrogen and oxygen atoms in total. The van der Waals surface area contributed by atoms with Crippen LogP contribution in [-0.2, 0) is 0 Å². The van der Waals surface area contributed by atoms with E-state index in [1.807, 2.05) is 48.7 Å². The molecule has 0 fully saturated rings. The van der Waals surface area contributed by atoms with Crippen LogP contribution in [0.1, 0.15) is 0 Å². The lowest BCUT2D eigenvalue weighted by Gasteiger charge is -2.18. The zero-order valence-corrected chi connectivity index (χ0v) is 36.6. The molecule has 0 amide bonds. The van der Waals surface area contributed by atoms with Crippen molar-refractivity contribution < 1.29 is 0 Å². The quantitative estimate of drug-likeness (QED) is 0.156. The molecule has 4 heterocycles. The van der Waals surface area contributed by atoms with Crippen LogP contribution in [0.25, 0.3) is 133 Å². The second kappa shape index (κ2) is 15.2. The summed E-state index contributed by atoms with van der Waals surface area (Å²) in [6, 6.07) is 79.1. The molecule has 10 aromatic carbocycles. The van der Waals surface area contributed by atoms with E-state index in [1.54, 1.807) is 0 Å². The molecular formula is C62H38N6. The Labute approximate surface area is 390 Å². The van der Waals surface area contributed by atoms with E-state index in [1.165, 1.54) is 32.3 Å². The minimum absolute atomic E-state index is 0.671. The molecule has 0 aliphatic heterocycles. The Morgan fingerprint density at radius 1 is 0.309 bits per heavy atom. The van der Waals surface area contributed by atoms with Crippen molar-refractivity contribution in [3.8, 4) is 56.8 Å². The Balaban J connectivity index is 1.19. The Morgan fingerprint density at radius 3 is 1.32 bits per heavy atom. The van der Waals surface area contributed by atoms with Crippen LogP contribution in [0, 0.1) is 0 Å². The van der Waals surface area contributed by atoms with Crippen LogP contribution in [0.5, 0.6) is 0 Å². The Bertz CT molecular complexity index is 4240. The molecule has 0 bridgehead atoms. The van der Waals surface area contributed by atoms with E-state index in [0.29, 0.717) is 11.6 Å². The monoisotopic (exact) mass is 866 g/mol. The van der Waals surface area contributed by atoms with Crippen molar-refractivity contribution in [2.75, 3.05) is 0 Å². The Morgan fingerprint density at radius 2 is 0.750 bits per heavy atom. The molecule has 0 radical (unpaired) electrons. The van der Waals surface area contributed by atoms with Crippen molar-refractivity contribution in [1.29, 1.82) is 0 Å².